The number of carbonyl (C=O) groups excluding carboxylic acids is 3. The topological polar surface area (TPSA) is 160 Å². The van der Waals surface area contributed by atoms with Crippen LogP contribution in [0.5, 0.6) is 0 Å². The number of piperazine rings is 1. The minimum Gasteiger partial charge on any atom is -0.378 e. The van der Waals surface area contributed by atoms with Crippen LogP contribution in [0.1, 0.15) is 59.3 Å². The Hall–Kier alpha value is -3.93. The van der Waals surface area contributed by atoms with E-state index in [4.69, 9.17) is 28.9 Å². The minimum atomic E-state index is -0.677. The molecule has 0 spiro atoms. The zero-order chi connectivity index (χ0) is 41.7. The highest BCUT2D eigenvalue weighted by Gasteiger charge is 2.24. The number of pyridine rings is 1. The molecule has 59 heavy (non-hydrogen) atoms. The molecule has 15 nitrogen and oxygen atoms in total. The maximum Gasteiger partial charge on any atom is 0.243 e. The van der Waals surface area contributed by atoms with Crippen LogP contribution in [0.25, 0.3) is 20.8 Å². The van der Waals surface area contributed by atoms with E-state index < -0.39 is 6.04 Å². The molecule has 0 aliphatic carbocycles. The maximum atomic E-state index is 12.6. The summed E-state index contributed by atoms with van der Waals surface area (Å²) in [6.45, 7) is 16.8. The van der Waals surface area contributed by atoms with E-state index in [1.54, 1.807) is 11.3 Å². The quantitative estimate of drug-likeness (QED) is 0.0946. The van der Waals surface area contributed by atoms with Crippen LogP contribution in [0.4, 0.5) is 11.5 Å². The van der Waals surface area contributed by atoms with E-state index in [-0.39, 0.29) is 30.2 Å². The van der Waals surface area contributed by atoms with Gasteiger partial charge in [0, 0.05) is 76.2 Å². The summed E-state index contributed by atoms with van der Waals surface area (Å²) in [5.41, 5.74) is 3.36. The van der Waals surface area contributed by atoms with Crippen molar-refractivity contribution in [1.82, 2.24) is 30.8 Å². The number of hydrogen-bond acceptors (Lipinski definition) is 13. The third kappa shape index (κ3) is 15.9. The Kier molecular flexibility index (Phi) is 20.1. The third-order valence-corrected chi connectivity index (χ3v) is 11.5. The Morgan fingerprint density at radius 1 is 0.780 bits per heavy atom. The molecule has 0 radical (unpaired) electrons. The molecule has 1 atom stereocenters. The Morgan fingerprint density at radius 3 is 2.14 bits per heavy atom. The normalized spacial score (nSPS) is 15.3. The number of fused-ring (bicyclic) bond motifs is 1. The monoisotopic (exact) mass is 838 g/mol. The number of thiazole rings is 1. The van der Waals surface area contributed by atoms with Crippen molar-refractivity contribution in [2.75, 3.05) is 122 Å². The number of anilines is 2. The van der Waals surface area contributed by atoms with Gasteiger partial charge in [-0.2, -0.15) is 0 Å². The van der Waals surface area contributed by atoms with Crippen molar-refractivity contribution >= 4 is 50.8 Å². The number of rotatable bonds is 27. The number of hydrogen-bond donors (Lipinski definition) is 3. The van der Waals surface area contributed by atoms with E-state index >= 15 is 0 Å². The Labute approximate surface area is 353 Å². The van der Waals surface area contributed by atoms with Gasteiger partial charge in [-0.05, 0) is 55.5 Å². The average Bonchev–Trinajstić information content (AvgIpc) is 3.95. The van der Waals surface area contributed by atoms with Crippen LogP contribution in [0.15, 0.2) is 36.5 Å². The highest BCUT2D eigenvalue weighted by molar-refractivity contribution is 7.21. The molecular weight excluding hydrogens is 773 g/mol. The lowest BCUT2D eigenvalue weighted by Crippen LogP contribution is -2.51. The van der Waals surface area contributed by atoms with Crippen LogP contribution in [-0.4, -0.2) is 150 Å². The molecule has 1 aromatic carbocycles. The maximum absolute atomic E-state index is 12.6. The molecule has 0 bridgehead atoms. The van der Waals surface area contributed by atoms with E-state index in [2.05, 4.69) is 67.9 Å². The van der Waals surface area contributed by atoms with Gasteiger partial charge in [0.2, 0.25) is 17.7 Å². The van der Waals surface area contributed by atoms with Gasteiger partial charge in [0.15, 0.2) is 0 Å². The summed E-state index contributed by atoms with van der Waals surface area (Å²) in [7, 11) is 0. The van der Waals surface area contributed by atoms with E-state index in [1.807, 2.05) is 20.0 Å². The van der Waals surface area contributed by atoms with Crippen molar-refractivity contribution in [2.45, 2.75) is 65.3 Å². The van der Waals surface area contributed by atoms with Crippen LogP contribution in [-0.2, 0) is 33.3 Å². The Bertz CT molecular complexity index is 1700. The Balaban J connectivity index is 0.815. The zero-order valence-electron chi connectivity index (χ0n) is 35.4. The number of nitrogens with zero attached hydrogens (tertiary/aromatic N) is 5. The summed E-state index contributed by atoms with van der Waals surface area (Å²) in [4.78, 5) is 53.8. The number of amides is 3. The van der Waals surface area contributed by atoms with E-state index in [9.17, 15) is 14.4 Å². The molecule has 2 aliphatic rings. The average molecular weight is 839 g/mol. The zero-order valence-corrected chi connectivity index (χ0v) is 36.2. The fraction of sp³-hybridized carbons (Fsp3) is 0.651. The number of benzene rings is 1. The van der Waals surface area contributed by atoms with Crippen LogP contribution >= 0.6 is 11.3 Å². The second-order valence-corrected chi connectivity index (χ2v) is 16.4. The SMILES string of the molecule is CCCCCC(=O)NC(C(=O)NCC(=O)NCCOCCOCCOCCOCCN1CCN(c2ccc3nc(-c4ccc(N5CCCC5)nc4)sc3c2)CC1)C(C)C. The summed E-state index contributed by atoms with van der Waals surface area (Å²) >= 11 is 1.73. The van der Waals surface area contributed by atoms with Crippen molar-refractivity contribution in [2.24, 2.45) is 5.92 Å². The lowest BCUT2D eigenvalue weighted by Gasteiger charge is -2.36. The van der Waals surface area contributed by atoms with Gasteiger partial charge in [0.05, 0.1) is 69.6 Å². The van der Waals surface area contributed by atoms with Crippen molar-refractivity contribution in [3.8, 4) is 10.6 Å². The molecule has 326 valence electrons. The van der Waals surface area contributed by atoms with Crippen LogP contribution < -0.4 is 25.8 Å². The number of ether oxygens (including phenoxy) is 4. The molecular formula is C43H66N8O7S. The summed E-state index contributed by atoms with van der Waals surface area (Å²) in [6, 6.07) is 10.2. The second-order valence-electron chi connectivity index (χ2n) is 15.4. The molecule has 3 amide bonds. The van der Waals surface area contributed by atoms with Crippen molar-refractivity contribution in [3.63, 3.8) is 0 Å². The minimum absolute atomic E-state index is 0.0974. The van der Waals surface area contributed by atoms with E-state index in [0.717, 1.165) is 87.0 Å². The second kappa shape index (κ2) is 25.6. The Morgan fingerprint density at radius 2 is 1.47 bits per heavy atom. The predicted octanol–water partition coefficient (Wildman–Crippen LogP) is 4.10. The summed E-state index contributed by atoms with van der Waals surface area (Å²) < 4.78 is 23.7. The first kappa shape index (κ1) is 46.1. The standard InChI is InChI=1S/C43H66N8O7S/c1-4-5-6-9-39(52)48-41(33(2)3)42(54)46-32-40(53)44-14-22-55-24-26-57-28-29-58-27-25-56-23-21-49-17-19-50(20-18-49)35-11-12-36-37(30-35)59-43(47-36)34-10-13-38(45-31-34)51-15-7-8-16-51/h10-13,30-31,33,41H,4-9,14-29,32H2,1-3H3,(H,44,53)(H,46,54)(H,48,52). The fourth-order valence-electron chi connectivity index (χ4n) is 6.98. The molecule has 4 heterocycles. The van der Waals surface area contributed by atoms with Gasteiger partial charge in [0.1, 0.15) is 16.9 Å². The fourth-order valence-corrected chi connectivity index (χ4v) is 7.97. The predicted molar refractivity (Wildman–Crippen MR) is 233 cm³/mol. The largest absolute Gasteiger partial charge is 0.378 e. The van der Waals surface area contributed by atoms with Crippen molar-refractivity contribution < 1.29 is 33.3 Å². The van der Waals surface area contributed by atoms with Crippen LogP contribution in [0.3, 0.4) is 0 Å². The number of nitrogens with one attached hydrogen (secondary N) is 3. The highest BCUT2D eigenvalue weighted by Crippen LogP contribution is 2.33. The molecule has 3 aromatic rings. The molecule has 2 saturated heterocycles. The summed E-state index contributed by atoms with van der Waals surface area (Å²) in [5.74, 6) is 0.133. The molecule has 0 saturated carbocycles. The molecule has 16 heteroatoms. The molecule has 5 rings (SSSR count). The smallest absolute Gasteiger partial charge is 0.243 e. The first-order chi connectivity index (χ1) is 28.8. The van der Waals surface area contributed by atoms with Gasteiger partial charge >= 0.3 is 0 Å². The molecule has 2 aliphatic heterocycles. The summed E-state index contributed by atoms with van der Waals surface area (Å²) in [6.07, 6.45) is 7.63. The van der Waals surface area contributed by atoms with Crippen molar-refractivity contribution in [3.05, 3.63) is 36.5 Å². The number of carbonyl (C=O) groups is 3. The first-order valence-electron chi connectivity index (χ1n) is 21.5. The van der Waals surface area contributed by atoms with Gasteiger partial charge < -0.3 is 44.7 Å². The highest BCUT2D eigenvalue weighted by atomic mass is 32.1. The third-order valence-electron chi connectivity index (χ3n) is 10.5. The number of aromatic nitrogens is 2. The lowest BCUT2D eigenvalue weighted by molar-refractivity contribution is -0.131. The van der Waals surface area contributed by atoms with E-state index in [1.165, 1.54) is 23.2 Å². The number of unbranched alkanes of at least 4 members (excludes halogenated alkanes) is 2. The van der Waals surface area contributed by atoms with Crippen molar-refractivity contribution in [1.29, 1.82) is 0 Å². The van der Waals surface area contributed by atoms with Gasteiger partial charge in [0.25, 0.3) is 0 Å². The van der Waals surface area contributed by atoms with E-state index in [0.29, 0.717) is 65.8 Å². The van der Waals surface area contributed by atoms with Gasteiger partial charge in [-0.15, -0.1) is 11.3 Å². The summed E-state index contributed by atoms with van der Waals surface area (Å²) in [5, 5.41) is 9.14. The first-order valence-corrected chi connectivity index (χ1v) is 22.4. The molecule has 1 unspecified atom stereocenters. The van der Waals surface area contributed by atoms with Crippen LogP contribution in [0.2, 0.25) is 0 Å². The molecule has 2 fully saturated rings. The van der Waals surface area contributed by atoms with Crippen LogP contribution in [0, 0.1) is 5.92 Å². The van der Waals surface area contributed by atoms with Gasteiger partial charge in [-0.3, -0.25) is 19.3 Å². The lowest BCUT2D eigenvalue weighted by atomic mass is 10.0. The molecule has 2 aromatic heterocycles. The van der Waals surface area contributed by atoms with Gasteiger partial charge in [-0.1, -0.05) is 33.6 Å². The molecule has 3 N–H and O–H groups in total. The van der Waals surface area contributed by atoms with Gasteiger partial charge in [-0.25, -0.2) is 9.97 Å².